The van der Waals surface area contributed by atoms with Crippen molar-refractivity contribution in [2.24, 2.45) is 0 Å². The number of aromatic nitrogens is 2. The van der Waals surface area contributed by atoms with Gasteiger partial charge in [-0.2, -0.15) is 12.1 Å². The van der Waals surface area contributed by atoms with Gasteiger partial charge in [-0.15, -0.1) is 48.1 Å². The molecule has 0 aliphatic carbocycles. The molecular weight excluding hydrogens is 1070 g/mol. The van der Waals surface area contributed by atoms with Gasteiger partial charge in [-0.1, -0.05) is 189 Å². The predicted octanol–water partition coefficient (Wildman–Crippen LogP) is 18.2. The molecule has 0 saturated carbocycles. The van der Waals surface area contributed by atoms with Crippen LogP contribution in [-0.4, -0.2) is 9.55 Å². The zero-order valence-electron chi connectivity index (χ0n) is 52.4. The SMILES string of the molecule is [2H]c1nc(-n2c3[c-]c(Oc4[c-]c(N5[CH-]N(c6c(-c7cc(C(C)(C)C)cc(C(C)(C)C)c7)cccc6-c6c([2H])c([2H])c([2H])c([2H])c6[2H])c6ccccc65)ccc4)ccc3c3ccccc32)c([2H])c(C([2H])([2H])[2H])c1-c1cccc(C(C)(C)C)c1.[Pt]. The summed E-state index contributed by atoms with van der Waals surface area (Å²) in [5, 5.41) is 1.55. The van der Waals surface area contributed by atoms with Crippen molar-refractivity contribution in [1.29, 1.82) is 0 Å². The van der Waals surface area contributed by atoms with Crippen molar-refractivity contribution < 1.29 is 39.5 Å². The van der Waals surface area contributed by atoms with E-state index in [1.165, 1.54) is 0 Å². The summed E-state index contributed by atoms with van der Waals surface area (Å²) >= 11 is 0. The van der Waals surface area contributed by atoms with E-state index in [0.717, 1.165) is 50.0 Å². The number of ether oxygens (including phenoxy) is 1. The van der Waals surface area contributed by atoms with E-state index in [9.17, 15) is 5.48 Å². The first-order chi connectivity index (χ1) is 38.6. The maximum absolute atomic E-state index is 9.64. The number of hydrogen-bond donors (Lipinski definition) is 0. The third-order valence-electron chi connectivity index (χ3n) is 13.4. The smallest absolute Gasteiger partial charge is 0.135 e. The zero-order chi connectivity index (χ0) is 58.7. The third kappa shape index (κ3) is 9.41. The maximum Gasteiger partial charge on any atom is 0.135 e. The Labute approximate surface area is 460 Å². The van der Waals surface area contributed by atoms with E-state index in [1.54, 1.807) is 22.8 Å². The average Bonchev–Trinajstić information content (AvgIpc) is 3.15. The van der Waals surface area contributed by atoms with Crippen molar-refractivity contribution in [2.75, 3.05) is 9.80 Å². The molecule has 5 nitrogen and oxygen atoms in total. The van der Waals surface area contributed by atoms with Crippen LogP contribution in [0, 0.1) is 25.7 Å². The Morgan fingerprint density at radius 2 is 1.19 bits per heavy atom. The first-order valence-electron chi connectivity index (χ1n) is 29.3. The van der Waals surface area contributed by atoms with Crippen molar-refractivity contribution in [3.63, 3.8) is 0 Å². The second kappa shape index (κ2) is 19.0. The van der Waals surface area contributed by atoms with Crippen molar-refractivity contribution >= 4 is 44.6 Å². The molecule has 2 aromatic heterocycles. The molecule has 0 fully saturated rings. The Morgan fingerprint density at radius 3 is 1.90 bits per heavy atom. The second-order valence-corrected chi connectivity index (χ2v) is 21.5. The minimum absolute atomic E-state index is 0. The molecule has 6 heteroatoms. The minimum atomic E-state index is -2.77. The fourth-order valence-electron chi connectivity index (χ4n) is 9.48. The Bertz CT molecular complexity index is 4170. The number of benzene rings is 8. The van der Waals surface area contributed by atoms with E-state index < -0.39 is 25.0 Å². The molecule has 0 radical (unpaired) electrons. The summed E-state index contributed by atoms with van der Waals surface area (Å²) < 4.78 is 98.1. The first-order valence-corrected chi connectivity index (χ1v) is 24.3. The van der Waals surface area contributed by atoms with Gasteiger partial charge in [-0.05, 0) is 91.7 Å². The number of pyridine rings is 1. The molecule has 1 aliphatic heterocycles. The summed E-state index contributed by atoms with van der Waals surface area (Å²) in [7, 11) is 0. The van der Waals surface area contributed by atoms with Gasteiger partial charge in [0.25, 0.3) is 0 Å². The molecular formula is C67H61N4OPt-3. The molecule has 0 spiro atoms. The minimum Gasteiger partial charge on any atom is -0.509 e. The van der Waals surface area contributed by atoms with Gasteiger partial charge in [0.15, 0.2) is 0 Å². The molecule has 0 N–H and O–H groups in total. The molecule has 0 atom stereocenters. The van der Waals surface area contributed by atoms with Crippen LogP contribution in [0.5, 0.6) is 11.5 Å². The first kappa shape index (κ1) is 38.4. The van der Waals surface area contributed by atoms with E-state index in [-0.39, 0.29) is 84.1 Å². The van der Waals surface area contributed by atoms with Crippen molar-refractivity contribution in [2.45, 2.75) is 85.4 Å². The Hall–Kier alpha value is -7.20. The fourth-order valence-corrected chi connectivity index (χ4v) is 9.48. The van der Waals surface area contributed by atoms with Crippen LogP contribution >= 0.6 is 0 Å². The zero-order valence-corrected chi connectivity index (χ0v) is 44.6. The summed E-state index contributed by atoms with van der Waals surface area (Å²) in [5.41, 5.74) is 8.92. The summed E-state index contributed by atoms with van der Waals surface area (Å²) in [6, 6.07) is 49.1. The van der Waals surface area contributed by atoms with E-state index in [0.29, 0.717) is 45.0 Å². The van der Waals surface area contributed by atoms with Crippen LogP contribution in [-0.2, 0) is 37.3 Å². The molecule has 0 amide bonds. The van der Waals surface area contributed by atoms with Gasteiger partial charge >= 0.3 is 0 Å². The largest absolute Gasteiger partial charge is 0.509 e. The number of nitrogens with zero attached hydrogens (tertiary/aromatic N) is 4. The van der Waals surface area contributed by atoms with E-state index in [1.807, 2.05) is 120 Å². The normalized spacial score (nSPS) is 15.0. The van der Waals surface area contributed by atoms with E-state index in [4.69, 9.17) is 17.9 Å². The predicted molar refractivity (Wildman–Crippen MR) is 301 cm³/mol. The molecule has 10 aromatic rings. The van der Waals surface area contributed by atoms with Crippen LogP contribution in [0.25, 0.3) is 61.0 Å². The van der Waals surface area contributed by atoms with Crippen LogP contribution < -0.4 is 14.5 Å². The molecule has 73 heavy (non-hydrogen) atoms. The quantitative estimate of drug-likeness (QED) is 0.142. The fraction of sp³-hybridized carbons (Fsp3) is 0.194. The molecule has 1 aliphatic rings. The van der Waals surface area contributed by atoms with Crippen LogP contribution in [0.15, 0.2) is 182 Å². The van der Waals surface area contributed by atoms with Gasteiger partial charge in [0.05, 0.1) is 9.60 Å². The molecule has 3 heterocycles. The van der Waals surface area contributed by atoms with Crippen LogP contribution in [0.4, 0.5) is 22.7 Å². The van der Waals surface area contributed by atoms with Gasteiger partial charge in [0, 0.05) is 82.1 Å². The molecule has 368 valence electrons. The number of hydrogen-bond acceptors (Lipinski definition) is 4. The van der Waals surface area contributed by atoms with E-state index >= 15 is 0 Å². The number of fused-ring (bicyclic) bond motifs is 4. The van der Waals surface area contributed by atoms with Crippen LogP contribution in [0.3, 0.4) is 0 Å². The number of para-hydroxylation sites is 4. The Kier molecular flexibility index (Phi) is 10.0. The van der Waals surface area contributed by atoms with Crippen molar-refractivity contribution in [3.05, 3.63) is 223 Å². The topological polar surface area (TPSA) is 33.5 Å². The summed E-state index contributed by atoms with van der Waals surface area (Å²) in [5.74, 6) is 0.611. The van der Waals surface area contributed by atoms with Gasteiger partial charge in [-0.3, -0.25) is 0 Å². The van der Waals surface area contributed by atoms with Gasteiger partial charge in [0.2, 0.25) is 0 Å². The van der Waals surface area contributed by atoms with Crippen LogP contribution in [0.1, 0.15) is 98.3 Å². The monoisotopic (exact) mass is 1140 g/mol. The molecule has 8 aromatic carbocycles. The summed E-state index contributed by atoms with van der Waals surface area (Å²) in [4.78, 5) is 8.73. The summed E-state index contributed by atoms with van der Waals surface area (Å²) in [6.07, 6.45) is -0.273. The van der Waals surface area contributed by atoms with Crippen LogP contribution in [0.2, 0.25) is 0 Å². The van der Waals surface area contributed by atoms with E-state index in [2.05, 4.69) is 92.6 Å². The number of anilines is 4. The van der Waals surface area contributed by atoms with Gasteiger partial charge < -0.3 is 19.1 Å². The Morgan fingerprint density at radius 1 is 0.562 bits per heavy atom. The summed E-state index contributed by atoms with van der Waals surface area (Å²) in [6.45, 7) is 18.4. The van der Waals surface area contributed by atoms with Gasteiger partial charge in [0.1, 0.15) is 5.82 Å². The molecule has 0 bridgehead atoms. The van der Waals surface area contributed by atoms with Crippen molar-refractivity contribution in [3.8, 4) is 50.7 Å². The number of rotatable bonds is 8. The van der Waals surface area contributed by atoms with Gasteiger partial charge in [-0.25, -0.2) is 4.98 Å². The third-order valence-corrected chi connectivity index (χ3v) is 13.4. The van der Waals surface area contributed by atoms with Crippen molar-refractivity contribution in [1.82, 2.24) is 9.55 Å². The average molecular weight is 1140 g/mol. The molecule has 11 rings (SSSR count). The molecule has 0 unspecified atom stereocenters. The Balaban J connectivity index is 0.00000769. The molecule has 0 saturated heterocycles. The second-order valence-electron chi connectivity index (χ2n) is 21.5. The standard InChI is InChI=1S/C67H61N4O.Pt/c1-44-35-63(68-42-58(44)46-23-18-24-48(36-46)65(2,3)4)71-59-30-15-14-27-56(59)57-34-33-53(41-62(57)71)72-52-26-19-25-51(40-52)69-43-70(61-32-17-16-31-60(61)69)64-54(45-21-12-11-13-22-45)28-20-29-55(64)47-37-49(66(5,6)7)39-50(38-47)67(8,9)10;/h11-39,42-43H,1-10H3;/q-3;/i1D3,11D,12D,13D,21D,22D,35D,42D;. The maximum atomic E-state index is 9.64.